The number of aryl methyl sites for hydroxylation is 2. The molecule has 162 valence electrons. The summed E-state index contributed by atoms with van der Waals surface area (Å²) in [7, 11) is 0. The van der Waals surface area contributed by atoms with Crippen LogP contribution >= 0.6 is 34.4 Å². The zero-order chi connectivity index (χ0) is 21.7. The number of thiophene rings is 2. The van der Waals surface area contributed by atoms with Gasteiger partial charge < -0.3 is 9.40 Å². The fourth-order valence-corrected chi connectivity index (χ4v) is 7.05. The zero-order valence-corrected chi connectivity index (χ0v) is 19.4. The number of nitrogens with zero attached hydrogens (tertiary/aromatic N) is 3. The minimum absolute atomic E-state index is 0.0250. The van der Waals surface area contributed by atoms with Gasteiger partial charge in [-0.3, -0.25) is 14.2 Å². The molecule has 0 saturated carbocycles. The van der Waals surface area contributed by atoms with E-state index >= 15 is 0 Å². The average molecular weight is 483 g/mol. The van der Waals surface area contributed by atoms with E-state index in [1.807, 2.05) is 23.6 Å². The van der Waals surface area contributed by atoms with Gasteiger partial charge in [0, 0.05) is 4.88 Å². The van der Waals surface area contributed by atoms with Crippen molar-refractivity contribution in [1.82, 2.24) is 19.5 Å². The van der Waals surface area contributed by atoms with E-state index < -0.39 is 0 Å². The molecule has 0 fully saturated rings. The maximum Gasteiger partial charge on any atom is 0.268 e. The molecule has 5 aromatic rings. The van der Waals surface area contributed by atoms with Crippen molar-refractivity contribution in [3.63, 3.8) is 0 Å². The third kappa shape index (κ3) is 3.42. The highest BCUT2D eigenvalue weighted by molar-refractivity contribution is 7.98. The van der Waals surface area contributed by atoms with E-state index in [2.05, 4.69) is 9.97 Å². The predicted molar refractivity (Wildman–Crippen MR) is 128 cm³/mol. The molecule has 0 unspecified atom stereocenters. The van der Waals surface area contributed by atoms with Gasteiger partial charge in [-0.2, -0.15) is 0 Å². The molecule has 1 aliphatic rings. The summed E-state index contributed by atoms with van der Waals surface area (Å²) in [6.45, 7) is 0.315. The molecule has 5 heterocycles. The Bertz CT molecular complexity index is 1560. The maximum absolute atomic E-state index is 13.6. The monoisotopic (exact) mass is 482 g/mol. The van der Waals surface area contributed by atoms with Crippen molar-refractivity contribution < 1.29 is 4.42 Å². The van der Waals surface area contributed by atoms with Crippen LogP contribution in [0, 0.1) is 0 Å². The molecule has 6 rings (SSSR count). The standard InChI is InChI=1S/C22H18N4O3S3/c27-19-18-14(7-9-30-18)23-16(24-19)11-31-22-25-20-17(13-5-1-2-6-15(13)32-20)21(28)26(22)10-12-4-3-8-29-12/h3-4,7-9H,1-2,5-6,10-11H2,(H,23,24,27). The third-order valence-electron chi connectivity index (χ3n) is 5.64. The Kier molecular flexibility index (Phi) is 5.00. The van der Waals surface area contributed by atoms with Crippen LogP contribution in [0.15, 0.2) is 49.0 Å². The van der Waals surface area contributed by atoms with E-state index in [9.17, 15) is 9.59 Å². The summed E-state index contributed by atoms with van der Waals surface area (Å²) in [5.74, 6) is 1.67. The Labute approximate surface area is 194 Å². The van der Waals surface area contributed by atoms with Gasteiger partial charge in [0.05, 0.1) is 29.5 Å². The predicted octanol–water partition coefficient (Wildman–Crippen LogP) is 4.57. The lowest BCUT2D eigenvalue weighted by Gasteiger charge is -2.12. The highest BCUT2D eigenvalue weighted by Crippen LogP contribution is 2.35. The van der Waals surface area contributed by atoms with Gasteiger partial charge in [-0.15, -0.1) is 22.7 Å². The Hall–Kier alpha value is -2.69. The normalized spacial score (nSPS) is 13.8. The molecule has 0 spiro atoms. The summed E-state index contributed by atoms with van der Waals surface area (Å²) < 4.78 is 7.83. The molecule has 0 atom stereocenters. The molecular formula is C22H18N4O3S3. The summed E-state index contributed by atoms with van der Waals surface area (Å²) in [5.41, 5.74) is 1.70. The summed E-state index contributed by atoms with van der Waals surface area (Å²) >= 11 is 4.42. The lowest BCUT2D eigenvalue weighted by molar-refractivity contribution is 0.476. The van der Waals surface area contributed by atoms with Gasteiger partial charge in [0.25, 0.3) is 11.1 Å². The summed E-state index contributed by atoms with van der Waals surface area (Å²) in [5, 5.41) is 3.22. The van der Waals surface area contributed by atoms with E-state index in [0.29, 0.717) is 39.3 Å². The minimum atomic E-state index is -0.136. The fourth-order valence-electron chi connectivity index (χ4n) is 4.15. The van der Waals surface area contributed by atoms with Gasteiger partial charge >= 0.3 is 0 Å². The van der Waals surface area contributed by atoms with Crippen LogP contribution in [0.2, 0.25) is 0 Å². The van der Waals surface area contributed by atoms with Gasteiger partial charge in [0.2, 0.25) is 0 Å². The lowest BCUT2D eigenvalue weighted by atomic mass is 9.97. The van der Waals surface area contributed by atoms with Crippen LogP contribution in [0.25, 0.3) is 20.4 Å². The number of rotatable bonds is 5. The second kappa shape index (κ2) is 8.02. The third-order valence-corrected chi connectivity index (χ3v) is 8.71. The van der Waals surface area contributed by atoms with Crippen LogP contribution in [-0.4, -0.2) is 19.5 Å². The molecule has 0 bridgehead atoms. The molecule has 10 heteroatoms. The Morgan fingerprint density at radius 3 is 2.97 bits per heavy atom. The van der Waals surface area contributed by atoms with E-state index in [1.54, 1.807) is 22.2 Å². The molecule has 7 nitrogen and oxygen atoms in total. The smallest absolute Gasteiger partial charge is 0.268 e. The molecule has 0 saturated heterocycles. The average Bonchev–Trinajstić information content (AvgIpc) is 3.54. The minimum Gasteiger partial charge on any atom is -0.467 e. The second-order valence-electron chi connectivity index (χ2n) is 7.69. The highest BCUT2D eigenvalue weighted by Gasteiger charge is 2.23. The second-order valence-corrected chi connectivity index (χ2v) is 10.6. The zero-order valence-electron chi connectivity index (χ0n) is 16.9. The number of nitrogens with one attached hydrogen (secondary N) is 1. The number of aromatic amines is 1. The van der Waals surface area contributed by atoms with Crippen LogP contribution in [0.5, 0.6) is 0 Å². The first-order valence-electron chi connectivity index (χ1n) is 10.3. The number of hydrogen-bond acceptors (Lipinski definition) is 8. The van der Waals surface area contributed by atoms with Gasteiger partial charge in [0.1, 0.15) is 21.1 Å². The van der Waals surface area contributed by atoms with Crippen molar-refractivity contribution in [2.24, 2.45) is 0 Å². The first kappa shape index (κ1) is 20.0. The molecule has 0 aliphatic heterocycles. The molecule has 32 heavy (non-hydrogen) atoms. The van der Waals surface area contributed by atoms with Crippen molar-refractivity contribution >= 4 is 54.9 Å². The van der Waals surface area contributed by atoms with Crippen LogP contribution in [0.4, 0.5) is 0 Å². The lowest BCUT2D eigenvalue weighted by Crippen LogP contribution is -2.24. The first-order chi connectivity index (χ1) is 15.7. The first-order valence-corrected chi connectivity index (χ1v) is 13.0. The Morgan fingerprint density at radius 1 is 1.19 bits per heavy atom. The SMILES string of the molecule is O=c1[nH]c(CSc2nc3sc4c(c3c(=O)n2Cc2ccco2)CCCC4)nc2ccsc12. The van der Waals surface area contributed by atoms with Gasteiger partial charge in [0.15, 0.2) is 5.16 Å². The molecule has 5 aromatic heterocycles. The van der Waals surface area contributed by atoms with E-state index in [4.69, 9.17) is 9.40 Å². The number of fused-ring (bicyclic) bond motifs is 4. The van der Waals surface area contributed by atoms with E-state index in [1.165, 1.54) is 33.5 Å². The van der Waals surface area contributed by atoms with Gasteiger partial charge in [-0.25, -0.2) is 9.97 Å². The van der Waals surface area contributed by atoms with Crippen molar-refractivity contribution in [1.29, 1.82) is 0 Å². The summed E-state index contributed by atoms with van der Waals surface area (Å²) in [6, 6.07) is 5.52. The fraction of sp³-hybridized carbons (Fsp3) is 0.273. The van der Waals surface area contributed by atoms with Crippen molar-refractivity contribution in [3.05, 3.63) is 72.6 Å². The van der Waals surface area contributed by atoms with Crippen LogP contribution in [0.1, 0.15) is 34.9 Å². The molecule has 1 N–H and O–H groups in total. The molecule has 0 aromatic carbocycles. The Balaban J connectivity index is 1.43. The van der Waals surface area contributed by atoms with Crippen molar-refractivity contribution in [2.75, 3.05) is 0 Å². The number of thioether (sulfide) groups is 1. The molecule has 0 radical (unpaired) electrons. The van der Waals surface area contributed by atoms with Gasteiger partial charge in [-0.05, 0) is 54.8 Å². The highest BCUT2D eigenvalue weighted by atomic mass is 32.2. The van der Waals surface area contributed by atoms with Crippen molar-refractivity contribution in [3.8, 4) is 0 Å². The van der Waals surface area contributed by atoms with Crippen molar-refractivity contribution in [2.45, 2.75) is 43.1 Å². The number of aromatic nitrogens is 4. The maximum atomic E-state index is 13.6. The summed E-state index contributed by atoms with van der Waals surface area (Å²) in [4.78, 5) is 40.3. The van der Waals surface area contributed by atoms with Crippen LogP contribution < -0.4 is 11.1 Å². The molecule has 0 amide bonds. The number of hydrogen-bond donors (Lipinski definition) is 1. The number of furan rings is 1. The summed E-state index contributed by atoms with van der Waals surface area (Å²) in [6.07, 6.45) is 5.83. The molecular weight excluding hydrogens is 464 g/mol. The van der Waals surface area contributed by atoms with E-state index in [0.717, 1.165) is 35.9 Å². The van der Waals surface area contributed by atoms with E-state index in [-0.39, 0.29) is 11.1 Å². The van der Waals surface area contributed by atoms with Crippen LogP contribution in [-0.2, 0) is 25.1 Å². The largest absolute Gasteiger partial charge is 0.467 e. The quantitative estimate of drug-likeness (QED) is 0.291. The molecule has 1 aliphatic carbocycles. The Morgan fingerprint density at radius 2 is 2.09 bits per heavy atom. The van der Waals surface area contributed by atoms with Crippen LogP contribution in [0.3, 0.4) is 0 Å². The number of H-pyrrole nitrogens is 1. The van der Waals surface area contributed by atoms with Gasteiger partial charge in [-0.1, -0.05) is 11.8 Å². The topological polar surface area (TPSA) is 93.8 Å².